The minimum atomic E-state index is -3.65. The minimum absolute atomic E-state index is 0.183. The van der Waals surface area contributed by atoms with E-state index in [0.717, 1.165) is 32.7 Å². The van der Waals surface area contributed by atoms with Gasteiger partial charge in [-0.25, -0.2) is 8.42 Å². The van der Waals surface area contributed by atoms with Crippen LogP contribution in [0.1, 0.15) is 12.5 Å². The number of anilines is 1. The standard InChI is InChI=1S/C22H33N5O5S/c1-17(28)27-20-4-3-19(33(30,31)26-11-13-32-14-12-26)15-18(20)16-21(27)22(29)23-5-6-25-9-7-24(2)8-10-25/h3-4,15,21H,5-14,16H2,1-2H3,(H,23,29). The lowest BCUT2D eigenvalue weighted by Gasteiger charge is -2.32. The molecule has 4 rings (SSSR count). The summed E-state index contributed by atoms with van der Waals surface area (Å²) in [5.74, 6) is -0.454. The molecule has 0 bridgehead atoms. The number of morpholine rings is 1. The highest BCUT2D eigenvalue weighted by Crippen LogP contribution is 2.35. The van der Waals surface area contributed by atoms with Crippen LogP contribution < -0.4 is 10.2 Å². The second-order valence-electron chi connectivity index (χ2n) is 8.85. The third kappa shape index (κ3) is 5.22. The molecule has 3 aliphatic rings. The Bertz CT molecular complexity index is 987. The molecule has 2 saturated heterocycles. The Balaban J connectivity index is 1.43. The molecule has 0 aromatic heterocycles. The number of hydrogen-bond acceptors (Lipinski definition) is 7. The summed E-state index contributed by atoms with van der Waals surface area (Å²) in [6, 6.07) is 4.09. The highest BCUT2D eigenvalue weighted by atomic mass is 32.2. The van der Waals surface area contributed by atoms with Gasteiger partial charge in [0.25, 0.3) is 0 Å². The number of carbonyl (C=O) groups excluding carboxylic acids is 2. The van der Waals surface area contributed by atoms with E-state index in [4.69, 9.17) is 4.74 Å². The highest BCUT2D eigenvalue weighted by molar-refractivity contribution is 7.89. The van der Waals surface area contributed by atoms with Crippen molar-refractivity contribution in [1.29, 1.82) is 0 Å². The van der Waals surface area contributed by atoms with Gasteiger partial charge in [0.15, 0.2) is 0 Å². The van der Waals surface area contributed by atoms with Crippen LogP contribution in [-0.2, 0) is 30.8 Å². The lowest BCUT2D eigenvalue weighted by Crippen LogP contribution is -2.50. The van der Waals surface area contributed by atoms with E-state index in [0.29, 0.717) is 50.5 Å². The molecule has 33 heavy (non-hydrogen) atoms. The van der Waals surface area contributed by atoms with Crippen LogP contribution in [0.25, 0.3) is 0 Å². The second-order valence-corrected chi connectivity index (χ2v) is 10.8. The van der Waals surface area contributed by atoms with E-state index in [1.807, 2.05) is 0 Å². The number of piperazine rings is 1. The fourth-order valence-electron chi connectivity index (χ4n) is 4.65. The molecule has 10 nitrogen and oxygen atoms in total. The van der Waals surface area contributed by atoms with Crippen LogP contribution in [0.4, 0.5) is 5.69 Å². The van der Waals surface area contributed by atoms with Gasteiger partial charge in [-0.2, -0.15) is 4.31 Å². The zero-order valence-electron chi connectivity index (χ0n) is 19.3. The summed E-state index contributed by atoms with van der Waals surface area (Å²) >= 11 is 0. The zero-order chi connectivity index (χ0) is 23.6. The van der Waals surface area contributed by atoms with Gasteiger partial charge >= 0.3 is 0 Å². The van der Waals surface area contributed by atoms with Crippen molar-refractivity contribution in [2.45, 2.75) is 24.3 Å². The third-order valence-electron chi connectivity index (χ3n) is 6.61. The van der Waals surface area contributed by atoms with Crippen LogP contribution in [0.15, 0.2) is 23.1 Å². The zero-order valence-corrected chi connectivity index (χ0v) is 20.1. The summed E-state index contributed by atoms with van der Waals surface area (Å²) in [6.07, 6.45) is 0.293. The van der Waals surface area contributed by atoms with Gasteiger partial charge in [0.05, 0.1) is 18.1 Å². The van der Waals surface area contributed by atoms with Crippen LogP contribution in [0.3, 0.4) is 0 Å². The maximum Gasteiger partial charge on any atom is 0.243 e. The number of carbonyl (C=O) groups is 2. The Hall–Kier alpha value is -2.05. The normalized spacial score (nSPS) is 22.8. The first kappa shape index (κ1) is 24.1. The first-order valence-electron chi connectivity index (χ1n) is 11.5. The van der Waals surface area contributed by atoms with Gasteiger partial charge in [-0.3, -0.25) is 19.4 Å². The summed E-state index contributed by atoms with van der Waals surface area (Å²) in [5.41, 5.74) is 1.29. The van der Waals surface area contributed by atoms with E-state index in [2.05, 4.69) is 22.2 Å². The molecule has 1 aromatic rings. The quantitative estimate of drug-likeness (QED) is 0.578. The van der Waals surface area contributed by atoms with E-state index in [1.165, 1.54) is 22.2 Å². The van der Waals surface area contributed by atoms with E-state index >= 15 is 0 Å². The number of amides is 2. The van der Waals surface area contributed by atoms with E-state index in [1.54, 1.807) is 12.1 Å². The highest BCUT2D eigenvalue weighted by Gasteiger charge is 2.38. The smallest absolute Gasteiger partial charge is 0.243 e. The molecule has 3 aliphatic heterocycles. The Morgan fingerprint density at radius 1 is 1.09 bits per heavy atom. The first-order chi connectivity index (χ1) is 15.8. The topological polar surface area (TPSA) is 102 Å². The van der Waals surface area contributed by atoms with Gasteiger partial charge in [0, 0.05) is 71.4 Å². The van der Waals surface area contributed by atoms with E-state index in [9.17, 15) is 18.0 Å². The van der Waals surface area contributed by atoms with E-state index < -0.39 is 16.1 Å². The van der Waals surface area contributed by atoms with Gasteiger partial charge < -0.3 is 15.0 Å². The number of hydrogen-bond donors (Lipinski definition) is 1. The molecule has 0 saturated carbocycles. The molecule has 1 unspecified atom stereocenters. The number of benzene rings is 1. The molecule has 0 radical (unpaired) electrons. The van der Waals surface area contributed by atoms with E-state index in [-0.39, 0.29) is 16.7 Å². The van der Waals surface area contributed by atoms with Crippen molar-refractivity contribution in [3.8, 4) is 0 Å². The molecule has 1 aromatic carbocycles. The molecule has 0 aliphatic carbocycles. The molecule has 2 fully saturated rings. The predicted octanol–water partition coefficient (Wildman–Crippen LogP) is -0.651. The van der Waals surface area contributed by atoms with Crippen molar-refractivity contribution >= 4 is 27.5 Å². The lowest BCUT2D eigenvalue weighted by atomic mass is 10.1. The molecule has 1 N–H and O–H groups in total. The lowest BCUT2D eigenvalue weighted by molar-refractivity contribution is -0.125. The van der Waals surface area contributed by atoms with Gasteiger partial charge in [-0.15, -0.1) is 0 Å². The molecule has 182 valence electrons. The maximum absolute atomic E-state index is 13.0. The van der Waals surface area contributed by atoms with Gasteiger partial charge in [0.1, 0.15) is 6.04 Å². The predicted molar refractivity (Wildman–Crippen MR) is 124 cm³/mol. The number of rotatable bonds is 6. The Morgan fingerprint density at radius 3 is 2.45 bits per heavy atom. The van der Waals surface area contributed by atoms with Crippen molar-refractivity contribution < 1.29 is 22.7 Å². The first-order valence-corrected chi connectivity index (χ1v) is 12.9. The van der Waals surface area contributed by atoms with Crippen molar-refractivity contribution in [2.24, 2.45) is 0 Å². The number of nitrogens with zero attached hydrogens (tertiary/aromatic N) is 4. The SMILES string of the molecule is CC(=O)N1c2ccc(S(=O)(=O)N3CCOCC3)cc2CC1C(=O)NCCN1CCN(C)CC1. The molecular weight excluding hydrogens is 446 g/mol. The van der Waals surface area contributed by atoms with Crippen LogP contribution in [0.5, 0.6) is 0 Å². The monoisotopic (exact) mass is 479 g/mol. The van der Waals surface area contributed by atoms with Gasteiger partial charge in [-0.05, 0) is 30.8 Å². The average Bonchev–Trinajstić information content (AvgIpc) is 3.20. The average molecular weight is 480 g/mol. The Kier molecular flexibility index (Phi) is 7.34. The number of likely N-dealkylation sites (N-methyl/N-ethyl adjacent to an activating group) is 1. The summed E-state index contributed by atoms with van der Waals surface area (Å²) in [4.78, 5) is 31.6. The third-order valence-corrected chi connectivity index (χ3v) is 8.50. The fourth-order valence-corrected chi connectivity index (χ4v) is 6.11. The van der Waals surface area contributed by atoms with Crippen LogP contribution in [0, 0.1) is 0 Å². The van der Waals surface area contributed by atoms with Crippen LogP contribution >= 0.6 is 0 Å². The fraction of sp³-hybridized carbons (Fsp3) is 0.636. The Labute approximate surface area is 195 Å². The molecule has 2 amide bonds. The molecule has 1 atom stereocenters. The Morgan fingerprint density at radius 2 is 1.79 bits per heavy atom. The van der Waals surface area contributed by atoms with Crippen molar-refractivity contribution in [3.63, 3.8) is 0 Å². The van der Waals surface area contributed by atoms with Crippen molar-refractivity contribution in [1.82, 2.24) is 19.4 Å². The van der Waals surface area contributed by atoms with Crippen molar-refractivity contribution in [3.05, 3.63) is 23.8 Å². The summed E-state index contributed by atoms with van der Waals surface area (Å²) < 4.78 is 32.7. The summed E-state index contributed by atoms with van der Waals surface area (Å²) in [7, 11) is -1.55. The maximum atomic E-state index is 13.0. The van der Waals surface area contributed by atoms with Crippen LogP contribution in [-0.4, -0.2) is 113 Å². The molecular formula is C22H33N5O5S. The number of ether oxygens (including phenoxy) is 1. The number of nitrogens with one attached hydrogen (secondary N) is 1. The van der Waals surface area contributed by atoms with Gasteiger partial charge in [0.2, 0.25) is 21.8 Å². The van der Waals surface area contributed by atoms with Crippen LogP contribution in [0.2, 0.25) is 0 Å². The summed E-state index contributed by atoms with van der Waals surface area (Å²) in [6.45, 7) is 8.06. The largest absolute Gasteiger partial charge is 0.379 e. The van der Waals surface area contributed by atoms with Gasteiger partial charge in [-0.1, -0.05) is 0 Å². The molecule has 0 spiro atoms. The van der Waals surface area contributed by atoms with Crippen molar-refractivity contribution in [2.75, 3.05) is 77.5 Å². The minimum Gasteiger partial charge on any atom is -0.379 e. The number of fused-ring (bicyclic) bond motifs is 1. The second kappa shape index (κ2) is 10.1. The number of sulfonamides is 1. The molecule has 11 heteroatoms. The summed E-state index contributed by atoms with van der Waals surface area (Å²) in [5, 5.41) is 2.97. The molecule has 3 heterocycles.